The van der Waals surface area contributed by atoms with E-state index in [2.05, 4.69) is 17.1 Å². The second-order valence-electron chi connectivity index (χ2n) is 6.27. The monoisotopic (exact) mass is 328 g/mol. The van der Waals surface area contributed by atoms with Crippen molar-refractivity contribution in [3.8, 4) is 0 Å². The van der Waals surface area contributed by atoms with Crippen LogP contribution >= 0.6 is 11.6 Å². The summed E-state index contributed by atoms with van der Waals surface area (Å²) in [6, 6.07) is 4.17. The highest BCUT2D eigenvalue weighted by atomic mass is 35.5. The van der Waals surface area contributed by atoms with Gasteiger partial charge in [0.05, 0.1) is 5.69 Å². The molecular weight excluding hydrogens is 307 g/mol. The molecule has 1 unspecified atom stereocenters. The van der Waals surface area contributed by atoms with E-state index in [4.69, 9.17) is 11.6 Å². The Kier molecular flexibility index (Phi) is 5.78. The number of hydrogen-bond acceptors (Lipinski definition) is 3. The highest BCUT2D eigenvalue weighted by Gasteiger charge is 2.30. The molecule has 0 aromatic heterocycles. The Balaban J connectivity index is 1.82. The molecule has 2 rings (SSSR count). The highest BCUT2D eigenvalue weighted by molar-refractivity contribution is 6.30. The van der Waals surface area contributed by atoms with Gasteiger partial charge in [-0.2, -0.15) is 0 Å². The number of piperidine rings is 1. The highest BCUT2D eigenvalue weighted by Crippen LogP contribution is 2.28. The molecule has 1 aliphatic heterocycles. The van der Waals surface area contributed by atoms with E-state index in [1.54, 1.807) is 0 Å². The quantitative estimate of drug-likeness (QED) is 0.874. The molecule has 22 heavy (non-hydrogen) atoms. The summed E-state index contributed by atoms with van der Waals surface area (Å²) in [4.78, 5) is 14.1. The molecule has 1 aromatic carbocycles. The lowest BCUT2D eigenvalue weighted by atomic mass is 9.83. The van der Waals surface area contributed by atoms with Gasteiger partial charge in [0.15, 0.2) is 0 Å². The van der Waals surface area contributed by atoms with Crippen LogP contribution in [0.3, 0.4) is 0 Å². The average molecular weight is 329 g/mol. The summed E-state index contributed by atoms with van der Waals surface area (Å²) in [5, 5.41) is 12.3. The minimum atomic E-state index is -0.535. The summed E-state index contributed by atoms with van der Waals surface area (Å²) in [5.74, 6) is -0.760. The van der Waals surface area contributed by atoms with Gasteiger partial charge < -0.3 is 15.3 Å². The molecule has 0 radical (unpaired) electrons. The number of rotatable bonds is 5. The summed E-state index contributed by atoms with van der Waals surface area (Å²) in [6.45, 7) is 4.54. The van der Waals surface area contributed by atoms with Crippen LogP contribution in [-0.4, -0.2) is 42.2 Å². The molecule has 1 fully saturated rings. The number of aliphatic hydroxyl groups excluding tert-OH is 1. The Bertz CT molecular complexity index is 541. The summed E-state index contributed by atoms with van der Waals surface area (Å²) in [5.41, 5.74) is 0.0602. The zero-order valence-electron chi connectivity index (χ0n) is 12.7. The molecule has 0 bridgehead atoms. The second kappa shape index (κ2) is 7.40. The van der Waals surface area contributed by atoms with E-state index < -0.39 is 5.82 Å². The normalized spacial score (nSPS) is 22.5. The van der Waals surface area contributed by atoms with Gasteiger partial charge in [0.2, 0.25) is 5.91 Å². The number of nitrogens with zero attached hydrogens (tertiary/aromatic N) is 1. The minimum Gasteiger partial charge on any atom is -0.396 e. The largest absolute Gasteiger partial charge is 0.396 e. The van der Waals surface area contributed by atoms with E-state index in [1.807, 2.05) is 0 Å². The van der Waals surface area contributed by atoms with Crippen LogP contribution in [0.2, 0.25) is 5.02 Å². The molecule has 4 nitrogen and oxygen atoms in total. The summed E-state index contributed by atoms with van der Waals surface area (Å²) < 4.78 is 13.6. The van der Waals surface area contributed by atoms with Gasteiger partial charge in [-0.15, -0.1) is 0 Å². The molecule has 1 amide bonds. The molecule has 1 heterocycles. The third-order valence-electron chi connectivity index (χ3n) is 4.10. The number of hydrogen-bond donors (Lipinski definition) is 2. The Hall–Kier alpha value is -1.17. The minimum absolute atomic E-state index is 0.0863. The lowest BCUT2D eigenvalue weighted by Crippen LogP contribution is -2.44. The SMILES string of the molecule is CC1(CO)CCCN(CCC(=O)Nc2ccc(Cl)cc2F)C1. The number of benzene rings is 1. The predicted octanol–water partition coefficient (Wildman–Crippen LogP) is 2.90. The van der Waals surface area contributed by atoms with Crippen molar-refractivity contribution in [2.24, 2.45) is 5.41 Å². The Morgan fingerprint density at radius 1 is 1.55 bits per heavy atom. The number of amides is 1. The molecule has 1 aliphatic rings. The fourth-order valence-electron chi connectivity index (χ4n) is 2.81. The molecule has 6 heteroatoms. The van der Waals surface area contributed by atoms with Crippen LogP contribution in [0.4, 0.5) is 10.1 Å². The first kappa shape index (κ1) is 17.2. The lowest BCUT2D eigenvalue weighted by molar-refractivity contribution is -0.116. The van der Waals surface area contributed by atoms with E-state index in [9.17, 15) is 14.3 Å². The van der Waals surface area contributed by atoms with Gasteiger partial charge >= 0.3 is 0 Å². The maximum Gasteiger partial charge on any atom is 0.225 e. The van der Waals surface area contributed by atoms with Crippen LogP contribution in [0.25, 0.3) is 0 Å². The van der Waals surface area contributed by atoms with E-state index in [1.165, 1.54) is 18.2 Å². The zero-order valence-corrected chi connectivity index (χ0v) is 13.5. The van der Waals surface area contributed by atoms with Crippen LogP contribution in [0, 0.1) is 11.2 Å². The maximum absolute atomic E-state index is 13.6. The number of anilines is 1. The van der Waals surface area contributed by atoms with Crippen molar-refractivity contribution < 1.29 is 14.3 Å². The Labute approximate surface area is 135 Å². The molecule has 1 aromatic rings. The van der Waals surface area contributed by atoms with Crippen molar-refractivity contribution in [2.45, 2.75) is 26.2 Å². The number of aliphatic hydroxyl groups is 1. The molecule has 122 valence electrons. The number of carbonyl (C=O) groups excluding carboxylic acids is 1. The van der Waals surface area contributed by atoms with E-state index in [-0.39, 0.29) is 23.6 Å². The maximum atomic E-state index is 13.6. The predicted molar refractivity (Wildman–Crippen MR) is 85.5 cm³/mol. The molecule has 2 N–H and O–H groups in total. The van der Waals surface area contributed by atoms with Crippen LogP contribution in [-0.2, 0) is 4.79 Å². The van der Waals surface area contributed by atoms with Crippen LogP contribution in [0.1, 0.15) is 26.2 Å². The lowest BCUT2D eigenvalue weighted by Gasteiger charge is -2.39. The van der Waals surface area contributed by atoms with Crippen molar-refractivity contribution in [2.75, 3.05) is 31.6 Å². The molecule has 1 saturated heterocycles. The molecule has 0 aliphatic carbocycles. The molecule has 0 spiro atoms. The topological polar surface area (TPSA) is 52.6 Å². The smallest absolute Gasteiger partial charge is 0.225 e. The van der Waals surface area contributed by atoms with Crippen molar-refractivity contribution in [3.63, 3.8) is 0 Å². The van der Waals surface area contributed by atoms with E-state index in [0.717, 1.165) is 25.9 Å². The average Bonchev–Trinajstić information content (AvgIpc) is 2.48. The Morgan fingerprint density at radius 2 is 2.32 bits per heavy atom. The van der Waals surface area contributed by atoms with Crippen molar-refractivity contribution in [3.05, 3.63) is 29.0 Å². The number of carbonyl (C=O) groups is 1. The third kappa shape index (κ3) is 4.66. The van der Waals surface area contributed by atoms with Gasteiger partial charge in [-0.1, -0.05) is 18.5 Å². The van der Waals surface area contributed by atoms with Crippen molar-refractivity contribution in [1.29, 1.82) is 0 Å². The van der Waals surface area contributed by atoms with Gasteiger partial charge in [-0.3, -0.25) is 4.79 Å². The van der Waals surface area contributed by atoms with Crippen molar-refractivity contribution in [1.82, 2.24) is 4.90 Å². The summed E-state index contributed by atoms with van der Waals surface area (Å²) in [6.07, 6.45) is 2.32. The van der Waals surface area contributed by atoms with E-state index >= 15 is 0 Å². The van der Waals surface area contributed by atoms with Gasteiger partial charge in [-0.05, 0) is 37.6 Å². The first-order valence-corrected chi connectivity index (χ1v) is 7.88. The molecule has 0 saturated carbocycles. The second-order valence-corrected chi connectivity index (χ2v) is 6.71. The van der Waals surface area contributed by atoms with Gasteiger partial charge in [-0.25, -0.2) is 4.39 Å². The van der Waals surface area contributed by atoms with Crippen LogP contribution in [0.5, 0.6) is 0 Å². The number of likely N-dealkylation sites (tertiary alicyclic amines) is 1. The standard InChI is InChI=1S/C16H22ClFN2O2/c1-16(11-21)6-2-7-20(10-16)8-5-15(22)19-14-4-3-12(17)9-13(14)18/h3-4,9,21H,2,5-8,10-11H2,1H3,(H,19,22). The number of halogens is 2. The van der Waals surface area contributed by atoms with E-state index in [0.29, 0.717) is 18.0 Å². The molecule has 1 atom stereocenters. The van der Waals surface area contributed by atoms with Crippen LogP contribution in [0.15, 0.2) is 18.2 Å². The van der Waals surface area contributed by atoms with Gasteiger partial charge in [0, 0.05) is 36.6 Å². The first-order chi connectivity index (χ1) is 10.4. The number of nitrogens with one attached hydrogen (secondary N) is 1. The summed E-state index contributed by atoms with van der Waals surface area (Å²) in [7, 11) is 0. The van der Waals surface area contributed by atoms with Crippen LogP contribution < -0.4 is 5.32 Å². The molecular formula is C16H22ClFN2O2. The fourth-order valence-corrected chi connectivity index (χ4v) is 2.97. The van der Waals surface area contributed by atoms with Gasteiger partial charge in [0.25, 0.3) is 0 Å². The van der Waals surface area contributed by atoms with Crippen molar-refractivity contribution >= 4 is 23.2 Å². The zero-order chi connectivity index (χ0) is 16.2. The third-order valence-corrected chi connectivity index (χ3v) is 4.34. The summed E-state index contributed by atoms with van der Waals surface area (Å²) >= 11 is 5.68. The Morgan fingerprint density at radius 3 is 3.00 bits per heavy atom. The van der Waals surface area contributed by atoms with Gasteiger partial charge in [0.1, 0.15) is 5.82 Å². The first-order valence-electron chi connectivity index (χ1n) is 7.50. The fraction of sp³-hybridized carbons (Fsp3) is 0.562.